The van der Waals surface area contributed by atoms with E-state index in [0.29, 0.717) is 35.4 Å². The van der Waals surface area contributed by atoms with E-state index in [0.717, 1.165) is 11.8 Å². The summed E-state index contributed by atoms with van der Waals surface area (Å²) in [5, 5.41) is 10.8. The van der Waals surface area contributed by atoms with Gasteiger partial charge in [-0.2, -0.15) is 0 Å². The van der Waals surface area contributed by atoms with Crippen LogP contribution in [0.4, 0.5) is 5.69 Å². The van der Waals surface area contributed by atoms with Crippen LogP contribution in [0, 0.1) is 5.92 Å². The Morgan fingerprint density at radius 3 is 2.57 bits per heavy atom. The van der Waals surface area contributed by atoms with E-state index < -0.39 is 16.1 Å². The van der Waals surface area contributed by atoms with E-state index in [4.69, 9.17) is 27.9 Å². The number of aliphatic hydroxyl groups is 1. The fourth-order valence-electron chi connectivity index (χ4n) is 4.04. The molecule has 1 aliphatic rings. The van der Waals surface area contributed by atoms with E-state index in [1.807, 2.05) is 26.1 Å². The first-order chi connectivity index (χ1) is 16.4. The van der Waals surface area contributed by atoms with Gasteiger partial charge in [-0.15, -0.1) is 0 Å². The molecule has 0 aliphatic carbocycles. The summed E-state index contributed by atoms with van der Waals surface area (Å²) in [7, 11) is -1.55. The summed E-state index contributed by atoms with van der Waals surface area (Å²) in [6.45, 7) is 5.12. The smallest absolute Gasteiger partial charge is 0.258 e. The van der Waals surface area contributed by atoms with Gasteiger partial charge in [0, 0.05) is 31.2 Å². The molecule has 2 aromatic rings. The fraction of sp³-hybridized carbons (Fsp3) is 0.458. The standard InChI is InChI=1S/C24H31Cl2N3O5S/c1-15-11-29(16(2)14-30)24(31)19-10-18(27-35(4,32)33)6-8-22(19)34-23(15)13-28(3)12-17-5-7-20(25)21(26)9-17/h5-10,15-16,23,27,30H,11-14H2,1-4H3/t15-,16+,23-/m1/s1. The number of benzene rings is 2. The second kappa shape index (κ2) is 11.3. The lowest BCUT2D eigenvalue weighted by Crippen LogP contribution is -2.49. The number of likely N-dealkylation sites (N-methyl/N-ethyl adjacent to an activating group) is 1. The van der Waals surface area contributed by atoms with Crippen LogP contribution in [-0.2, 0) is 16.6 Å². The Balaban J connectivity index is 1.90. The van der Waals surface area contributed by atoms with Gasteiger partial charge in [0.05, 0.1) is 34.5 Å². The Morgan fingerprint density at radius 1 is 1.23 bits per heavy atom. The lowest BCUT2D eigenvalue weighted by molar-refractivity contribution is 0.0341. The predicted octanol–water partition coefficient (Wildman–Crippen LogP) is 3.72. The van der Waals surface area contributed by atoms with Crippen LogP contribution in [0.3, 0.4) is 0 Å². The van der Waals surface area contributed by atoms with Crippen molar-refractivity contribution in [2.24, 2.45) is 5.92 Å². The number of hydrogen-bond donors (Lipinski definition) is 2. The van der Waals surface area contributed by atoms with Gasteiger partial charge in [-0.25, -0.2) is 8.42 Å². The van der Waals surface area contributed by atoms with Crippen molar-refractivity contribution < 1.29 is 23.1 Å². The molecule has 192 valence electrons. The van der Waals surface area contributed by atoms with Gasteiger partial charge in [-0.05, 0) is 49.9 Å². The average Bonchev–Trinajstić information content (AvgIpc) is 2.77. The Kier molecular flexibility index (Phi) is 8.93. The Hall–Kier alpha value is -2.04. The molecule has 8 nitrogen and oxygen atoms in total. The van der Waals surface area contributed by atoms with Gasteiger partial charge in [0.15, 0.2) is 0 Å². The maximum Gasteiger partial charge on any atom is 0.258 e. The molecule has 3 atom stereocenters. The summed E-state index contributed by atoms with van der Waals surface area (Å²) in [5.41, 5.74) is 1.51. The highest BCUT2D eigenvalue weighted by atomic mass is 35.5. The topological polar surface area (TPSA) is 99.2 Å². The average molecular weight is 545 g/mol. The zero-order valence-electron chi connectivity index (χ0n) is 20.2. The Morgan fingerprint density at radius 2 is 1.94 bits per heavy atom. The number of halogens is 2. The van der Waals surface area contributed by atoms with Crippen LogP contribution in [0.2, 0.25) is 10.0 Å². The van der Waals surface area contributed by atoms with Gasteiger partial charge < -0.3 is 14.7 Å². The maximum atomic E-state index is 13.4. The molecular formula is C24H31Cl2N3O5S. The van der Waals surface area contributed by atoms with Gasteiger partial charge >= 0.3 is 0 Å². The summed E-state index contributed by atoms with van der Waals surface area (Å²) in [6, 6.07) is 9.74. The monoisotopic (exact) mass is 543 g/mol. The number of nitrogens with zero attached hydrogens (tertiary/aromatic N) is 2. The molecule has 1 amide bonds. The van der Waals surface area contributed by atoms with Crippen LogP contribution in [0.15, 0.2) is 36.4 Å². The highest BCUT2D eigenvalue weighted by molar-refractivity contribution is 7.92. The largest absolute Gasteiger partial charge is 0.488 e. The Labute approximate surface area is 216 Å². The van der Waals surface area contributed by atoms with Crippen molar-refractivity contribution >= 4 is 44.8 Å². The van der Waals surface area contributed by atoms with Crippen molar-refractivity contribution in [1.82, 2.24) is 9.80 Å². The molecule has 1 aliphatic heterocycles. The number of nitrogens with one attached hydrogen (secondary N) is 1. The normalized spacial score (nSPS) is 19.5. The minimum atomic E-state index is -3.52. The first kappa shape index (κ1) is 27.5. The zero-order chi connectivity index (χ0) is 25.9. The summed E-state index contributed by atoms with van der Waals surface area (Å²) >= 11 is 12.2. The summed E-state index contributed by atoms with van der Waals surface area (Å²) in [5.74, 6) is -0.0111. The second-order valence-corrected chi connectivity index (χ2v) is 11.7. The van der Waals surface area contributed by atoms with Crippen molar-refractivity contribution in [3.63, 3.8) is 0 Å². The highest BCUT2D eigenvalue weighted by Crippen LogP contribution is 2.31. The number of sulfonamides is 1. The van der Waals surface area contributed by atoms with E-state index in [1.54, 1.807) is 30.0 Å². The number of hydrogen-bond acceptors (Lipinski definition) is 6. The van der Waals surface area contributed by atoms with Crippen molar-refractivity contribution in [3.05, 3.63) is 57.6 Å². The van der Waals surface area contributed by atoms with Crippen molar-refractivity contribution in [1.29, 1.82) is 0 Å². The SMILES string of the molecule is C[C@@H]1CN([C@@H](C)CO)C(=O)c2cc(NS(C)(=O)=O)ccc2O[C@@H]1CN(C)Cc1ccc(Cl)c(Cl)c1. The number of anilines is 1. The molecule has 0 fully saturated rings. The molecule has 11 heteroatoms. The zero-order valence-corrected chi connectivity index (χ0v) is 22.5. The summed E-state index contributed by atoms with van der Waals surface area (Å²) < 4.78 is 32.2. The number of carbonyl (C=O) groups is 1. The number of fused-ring (bicyclic) bond motifs is 1. The molecule has 0 saturated carbocycles. The third-order valence-electron chi connectivity index (χ3n) is 5.90. The molecule has 0 saturated heterocycles. The van der Waals surface area contributed by atoms with Gasteiger partial charge in [0.25, 0.3) is 5.91 Å². The molecule has 0 bridgehead atoms. The first-order valence-corrected chi connectivity index (χ1v) is 13.9. The first-order valence-electron chi connectivity index (χ1n) is 11.2. The molecule has 1 heterocycles. The van der Waals surface area contributed by atoms with Crippen LogP contribution in [-0.4, -0.2) is 74.4 Å². The van der Waals surface area contributed by atoms with Crippen LogP contribution < -0.4 is 9.46 Å². The molecular weight excluding hydrogens is 513 g/mol. The molecule has 2 N–H and O–H groups in total. The minimum absolute atomic E-state index is 0.0498. The third kappa shape index (κ3) is 7.24. The minimum Gasteiger partial charge on any atom is -0.488 e. The molecule has 3 rings (SSSR count). The number of ether oxygens (including phenoxy) is 1. The van der Waals surface area contributed by atoms with Crippen LogP contribution in [0.25, 0.3) is 0 Å². The van der Waals surface area contributed by atoms with Gasteiger partial charge in [-0.1, -0.05) is 36.2 Å². The number of aliphatic hydroxyl groups excluding tert-OH is 1. The van der Waals surface area contributed by atoms with E-state index in [9.17, 15) is 18.3 Å². The Bertz CT molecular complexity index is 1180. The summed E-state index contributed by atoms with van der Waals surface area (Å²) in [6.07, 6.45) is 0.764. The van der Waals surface area contributed by atoms with Crippen molar-refractivity contribution in [3.8, 4) is 5.75 Å². The van der Waals surface area contributed by atoms with Gasteiger partial charge in [0.2, 0.25) is 10.0 Å². The predicted molar refractivity (Wildman–Crippen MR) is 139 cm³/mol. The van der Waals surface area contributed by atoms with E-state index >= 15 is 0 Å². The second-order valence-electron chi connectivity index (χ2n) is 9.15. The fourth-order valence-corrected chi connectivity index (χ4v) is 4.92. The molecule has 35 heavy (non-hydrogen) atoms. The quantitative estimate of drug-likeness (QED) is 0.526. The van der Waals surface area contributed by atoms with E-state index in [-0.39, 0.29) is 35.8 Å². The lowest BCUT2D eigenvalue weighted by atomic mass is 9.99. The lowest BCUT2D eigenvalue weighted by Gasteiger charge is -2.38. The van der Waals surface area contributed by atoms with E-state index in [2.05, 4.69) is 9.62 Å². The number of carbonyl (C=O) groups excluding carboxylic acids is 1. The number of amides is 1. The summed E-state index contributed by atoms with van der Waals surface area (Å²) in [4.78, 5) is 17.1. The molecule has 2 aromatic carbocycles. The van der Waals surface area contributed by atoms with Crippen molar-refractivity contribution in [2.45, 2.75) is 32.5 Å². The van der Waals surface area contributed by atoms with Gasteiger partial charge in [0.1, 0.15) is 11.9 Å². The molecule has 0 spiro atoms. The molecule has 0 aromatic heterocycles. The van der Waals surface area contributed by atoms with Crippen molar-refractivity contribution in [2.75, 3.05) is 37.7 Å². The molecule has 0 radical (unpaired) electrons. The van der Waals surface area contributed by atoms with Crippen LogP contribution in [0.5, 0.6) is 5.75 Å². The van der Waals surface area contributed by atoms with Gasteiger partial charge in [-0.3, -0.25) is 14.4 Å². The van der Waals surface area contributed by atoms with Crippen LogP contribution in [0.1, 0.15) is 29.8 Å². The maximum absolute atomic E-state index is 13.4. The van der Waals surface area contributed by atoms with Crippen LogP contribution >= 0.6 is 23.2 Å². The highest BCUT2D eigenvalue weighted by Gasteiger charge is 2.33. The number of rotatable bonds is 8. The molecule has 0 unspecified atom stereocenters. The van der Waals surface area contributed by atoms with E-state index in [1.165, 1.54) is 6.07 Å². The third-order valence-corrected chi connectivity index (χ3v) is 7.24.